The molecular weight excluding hydrogens is 228 g/mol. The summed E-state index contributed by atoms with van der Waals surface area (Å²) in [4.78, 5) is 14.5. The number of piperidine rings is 1. The van der Waals surface area contributed by atoms with Gasteiger partial charge in [0.1, 0.15) is 0 Å². The summed E-state index contributed by atoms with van der Waals surface area (Å²) in [6.07, 6.45) is 4.23. The molecule has 2 heterocycles. The second-order valence-corrected chi connectivity index (χ2v) is 6.08. The van der Waals surface area contributed by atoms with Crippen molar-refractivity contribution in [2.75, 3.05) is 39.9 Å². The molecule has 0 spiro atoms. The van der Waals surface area contributed by atoms with Gasteiger partial charge in [-0.15, -0.1) is 0 Å². The lowest BCUT2D eigenvalue weighted by molar-refractivity contribution is -0.142. The van der Waals surface area contributed by atoms with Crippen LogP contribution in [0.3, 0.4) is 0 Å². The molecule has 0 aromatic heterocycles. The van der Waals surface area contributed by atoms with Crippen LogP contribution in [0.5, 0.6) is 0 Å². The molecule has 0 bridgehead atoms. The van der Waals surface area contributed by atoms with E-state index in [4.69, 9.17) is 4.74 Å². The van der Waals surface area contributed by atoms with Crippen LogP contribution in [0.15, 0.2) is 0 Å². The van der Waals surface area contributed by atoms with E-state index in [2.05, 4.69) is 12.2 Å². The monoisotopic (exact) mass is 254 g/mol. The lowest BCUT2D eigenvalue weighted by Crippen LogP contribution is -2.48. The van der Waals surface area contributed by atoms with Crippen molar-refractivity contribution in [3.8, 4) is 0 Å². The summed E-state index contributed by atoms with van der Waals surface area (Å²) in [7, 11) is 1.95. The number of nitrogens with zero attached hydrogens (tertiary/aromatic N) is 1. The topological polar surface area (TPSA) is 41.6 Å². The number of carbonyl (C=O) groups is 1. The molecule has 0 saturated carbocycles. The molecule has 4 heteroatoms. The van der Waals surface area contributed by atoms with Crippen LogP contribution in [0.25, 0.3) is 0 Å². The number of amides is 1. The van der Waals surface area contributed by atoms with Crippen molar-refractivity contribution in [1.82, 2.24) is 10.2 Å². The van der Waals surface area contributed by atoms with Crippen molar-refractivity contribution in [3.63, 3.8) is 0 Å². The van der Waals surface area contributed by atoms with Crippen molar-refractivity contribution < 1.29 is 9.53 Å². The summed E-state index contributed by atoms with van der Waals surface area (Å²) in [5.41, 5.74) is -0.157. The van der Waals surface area contributed by atoms with Crippen LogP contribution >= 0.6 is 0 Å². The summed E-state index contributed by atoms with van der Waals surface area (Å²) in [6, 6.07) is 0. The number of hydrogen-bond donors (Lipinski definition) is 1. The Labute approximate surface area is 110 Å². The van der Waals surface area contributed by atoms with Gasteiger partial charge in [0.25, 0.3) is 0 Å². The van der Waals surface area contributed by atoms with Gasteiger partial charge in [0, 0.05) is 25.6 Å². The Morgan fingerprint density at radius 3 is 2.78 bits per heavy atom. The average Bonchev–Trinajstić information content (AvgIpc) is 2.40. The first-order chi connectivity index (χ1) is 8.62. The zero-order chi connectivity index (χ0) is 13.0. The largest absolute Gasteiger partial charge is 0.381 e. The van der Waals surface area contributed by atoms with Crippen LogP contribution in [0.2, 0.25) is 0 Å². The van der Waals surface area contributed by atoms with Crippen molar-refractivity contribution in [2.45, 2.75) is 32.6 Å². The molecule has 2 rings (SSSR count). The Hall–Kier alpha value is -0.610. The minimum absolute atomic E-state index is 0.157. The summed E-state index contributed by atoms with van der Waals surface area (Å²) in [5.74, 6) is 0.840. The first-order valence-electron chi connectivity index (χ1n) is 7.16. The fourth-order valence-corrected chi connectivity index (χ4v) is 3.07. The van der Waals surface area contributed by atoms with Crippen molar-refractivity contribution in [3.05, 3.63) is 0 Å². The van der Waals surface area contributed by atoms with E-state index < -0.39 is 0 Å². The molecule has 2 saturated heterocycles. The lowest BCUT2D eigenvalue weighted by Gasteiger charge is -2.37. The molecule has 4 nitrogen and oxygen atoms in total. The van der Waals surface area contributed by atoms with Crippen LogP contribution in [0.1, 0.15) is 32.6 Å². The molecule has 0 aromatic rings. The van der Waals surface area contributed by atoms with Gasteiger partial charge in [0.2, 0.25) is 5.91 Å². The lowest BCUT2D eigenvalue weighted by atomic mass is 9.79. The van der Waals surface area contributed by atoms with Gasteiger partial charge in [-0.3, -0.25) is 4.79 Å². The standard InChI is InChI=1S/C14H26N2O2/c1-14(5-7-15-8-6-14)13(17)16(2)10-12-4-3-9-18-11-12/h12,15H,3-11H2,1-2H3. The molecular formula is C14H26N2O2. The van der Waals surface area contributed by atoms with Crippen LogP contribution in [0.4, 0.5) is 0 Å². The second kappa shape index (κ2) is 6.02. The van der Waals surface area contributed by atoms with Gasteiger partial charge in [-0.2, -0.15) is 0 Å². The van der Waals surface area contributed by atoms with E-state index in [1.165, 1.54) is 6.42 Å². The highest BCUT2D eigenvalue weighted by atomic mass is 16.5. The Kier molecular flexibility index (Phi) is 4.62. The predicted molar refractivity (Wildman–Crippen MR) is 71.4 cm³/mol. The summed E-state index contributed by atoms with van der Waals surface area (Å²) in [6.45, 7) is 6.59. The van der Waals surface area contributed by atoms with Gasteiger partial charge in [0.15, 0.2) is 0 Å². The number of hydrogen-bond acceptors (Lipinski definition) is 3. The third-order valence-electron chi connectivity index (χ3n) is 4.36. The minimum atomic E-state index is -0.157. The fourth-order valence-electron chi connectivity index (χ4n) is 3.07. The zero-order valence-electron chi connectivity index (χ0n) is 11.7. The highest BCUT2D eigenvalue weighted by molar-refractivity contribution is 5.82. The molecule has 1 atom stereocenters. The number of rotatable bonds is 3. The van der Waals surface area contributed by atoms with E-state index in [0.29, 0.717) is 11.8 Å². The van der Waals surface area contributed by atoms with Crippen molar-refractivity contribution in [2.24, 2.45) is 11.3 Å². The van der Waals surface area contributed by atoms with Crippen molar-refractivity contribution in [1.29, 1.82) is 0 Å². The Bertz CT molecular complexity index is 282. The molecule has 2 aliphatic heterocycles. The normalized spacial score (nSPS) is 27.8. The van der Waals surface area contributed by atoms with Gasteiger partial charge >= 0.3 is 0 Å². The first kappa shape index (κ1) is 13.8. The highest BCUT2D eigenvalue weighted by Crippen LogP contribution is 2.30. The van der Waals surface area contributed by atoms with E-state index in [0.717, 1.165) is 52.1 Å². The smallest absolute Gasteiger partial charge is 0.228 e. The Morgan fingerprint density at radius 2 is 2.17 bits per heavy atom. The SMILES string of the molecule is CN(CC1CCCOC1)C(=O)C1(C)CCNCC1. The third kappa shape index (κ3) is 3.23. The van der Waals surface area contributed by atoms with Gasteiger partial charge < -0.3 is 15.0 Å². The van der Waals surface area contributed by atoms with Gasteiger partial charge in [0.05, 0.1) is 6.61 Å². The van der Waals surface area contributed by atoms with Crippen LogP contribution < -0.4 is 5.32 Å². The van der Waals surface area contributed by atoms with Crippen molar-refractivity contribution >= 4 is 5.91 Å². The Morgan fingerprint density at radius 1 is 1.44 bits per heavy atom. The second-order valence-electron chi connectivity index (χ2n) is 6.08. The van der Waals surface area contributed by atoms with E-state index in [-0.39, 0.29) is 5.41 Å². The van der Waals surface area contributed by atoms with E-state index in [1.807, 2.05) is 11.9 Å². The molecule has 1 unspecified atom stereocenters. The average molecular weight is 254 g/mol. The van der Waals surface area contributed by atoms with Gasteiger partial charge in [-0.25, -0.2) is 0 Å². The van der Waals surface area contributed by atoms with E-state index in [9.17, 15) is 4.79 Å². The summed E-state index contributed by atoms with van der Waals surface area (Å²) in [5, 5.41) is 3.32. The number of carbonyl (C=O) groups excluding carboxylic acids is 1. The minimum Gasteiger partial charge on any atom is -0.381 e. The van der Waals surface area contributed by atoms with Crippen LogP contribution in [-0.2, 0) is 9.53 Å². The highest BCUT2D eigenvalue weighted by Gasteiger charge is 2.37. The van der Waals surface area contributed by atoms with E-state index >= 15 is 0 Å². The molecule has 0 radical (unpaired) electrons. The van der Waals surface area contributed by atoms with Gasteiger partial charge in [-0.1, -0.05) is 6.92 Å². The third-order valence-corrected chi connectivity index (χ3v) is 4.36. The summed E-state index contributed by atoms with van der Waals surface area (Å²) < 4.78 is 5.49. The number of ether oxygens (including phenoxy) is 1. The molecule has 2 aliphatic rings. The molecule has 0 aromatic carbocycles. The maximum atomic E-state index is 12.6. The quantitative estimate of drug-likeness (QED) is 0.824. The molecule has 1 amide bonds. The molecule has 1 N–H and O–H groups in total. The maximum absolute atomic E-state index is 12.6. The molecule has 104 valence electrons. The molecule has 2 fully saturated rings. The summed E-state index contributed by atoms with van der Waals surface area (Å²) >= 11 is 0. The van der Waals surface area contributed by atoms with Crippen LogP contribution in [0, 0.1) is 11.3 Å². The zero-order valence-corrected chi connectivity index (χ0v) is 11.7. The first-order valence-corrected chi connectivity index (χ1v) is 7.16. The molecule has 18 heavy (non-hydrogen) atoms. The molecule has 0 aliphatic carbocycles. The van der Waals surface area contributed by atoms with Gasteiger partial charge in [-0.05, 0) is 44.7 Å². The van der Waals surface area contributed by atoms with E-state index in [1.54, 1.807) is 0 Å². The Balaban J connectivity index is 1.86. The number of nitrogens with one attached hydrogen (secondary N) is 1. The fraction of sp³-hybridized carbons (Fsp3) is 0.929. The van der Waals surface area contributed by atoms with Crippen LogP contribution in [-0.4, -0.2) is 50.7 Å². The predicted octanol–water partition coefficient (Wildman–Crippen LogP) is 1.26. The maximum Gasteiger partial charge on any atom is 0.228 e.